The minimum atomic E-state index is 0.252. The Kier molecular flexibility index (Phi) is 9.42. The number of ether oxygens (including phenoxy) is 1. The summed E-state index contributed by atoms with van der Waals surface area (Å²) < 4.78 is 6.58. The third-order valence-electron chi connectivity index (χ3n) is 8.16. The van der Waals surface area contributed by atoms with E-state index in [4.69, 9.17) is 4.74 Å². The van der Waals surface area contributed by atoms with Gasteiger partial charge in [-0.15, -0.1) is 0 Å². The van der Waals surface area contributed by atoms with Gasteiger partial charge in [0.25, 0.3) is 0 Å². The summed E-state index contributed by atoms with van der Waals surface area (Å²) in [4.78, 5) is 22.0. The second-order valence-electron chi connectivity index (χ2n) is 10.6. The van der Waals surface area contributed by atoms with Crippen molar-refractivity contribution in [2.24, 2.45) is 11.8 Å². The molecule has 1 amide bonds. The monoisotopic (exact) mass is 479 g/mol. The number of pyridine rings is 1. The van der Waals surface area contributed by atoms with E-state index in [1.54, 1.807) is 0 Å². The standard InChI is InChI=1S/C30H45N3O2/c1-4-7-9-24-20-26-10-8-17-31-29(26)28(21-24)35-27-15-18-32(19-16-27)22-23-11-13-25(14-12-23)30(34)33(5-2)6-3/h8,10,17,20-21,23,25,27H,4-7,9,11-16,18-19,22H2,1-3H3/t23-,25-. The number of piperidine rings is 1. The lowest BCUT2D eigenvalue weighted by molar-refractivity contribution is -0.136. The van der Waals surface area contributed by atoms with Crippen molar-refractivity contribution >= 4 is 16.8 Å². The second kappa shape index (κ2) is 12.7. The molecule has 0 spiro atoms. The molecule has 1 aliphatic heterocycles. The van der Waals surface area contributed by atoms with Crippen LogP contribution in [0.25, 0.3) is 10.9 Å². The van der Waals surface area contributed by atoms with Crippen molar-refractivity contribution < 1.29 is 9.53 Å². The number of amides is 1. The van der Waals surface area contributed by atoms with Gasteiger partial charge in [0.15, 0.2) is 0 Å². The molecule has 35 heavy (non-hydrogen) atoms. The lowest BCUT2D eigenvalue weighted by Crippen LogP contribution is -2.42. The molecule has 2 aromatic rings. The molecule has 1 aliphatic carbocycles. The molecule has 2 fully saturated rings. The fourth-order valence-electron chi connectivity index (χ4n) is 5.97. The maximum Gasteiger partial charge on any atom is 0.225 e. The van der Waals surface area contributed by atoms with Crippen molar-refractivity contribution in [2.45, 2.75) is 84.7 Å². The van der Waals surface area contributed by atoms with Gasteiger partial charge in [0.05, 0.1) is 0 Å². The molecule has 1 aromatic heterocycles. The Morgan fingerprint density at radius 1 is 1.06 bits per heavy atom. The molecule has 1 saturated carbocycles. The number of benzene rings is 1. The highest BCUT2D eigenvalue weighted by Crippen LogP contribution is 2.32. The fraction of sp³-hybridized carbons (Fsp3) is 0.667. The van der Waals surface area contributed by atoms with Crippen molar-refractivity contribution in [3.63, 3.8) is 0 Å². The third-order valence-corrected chi connectivity index (χ3v) is 8.16. The Hall–Kier alpha value is -2.14. The van der Waals surface area contributed by atoms with E-state index in [0.717, 1.165) is 75.5 Å². The minimum absolute atomic E-state index is 0.252. The van der Waals surface area contributed by atoms with Crippen LogP contribution >= 0.6 is 0 Å². The molecule has 4 rings (SSSR count). The predicted octanol–water partition coefficient (Wildman–Crippen LogP) is 6.10. The highest BCUT2D eigenvalue weighted by Gasteiger charge is 2.30. The number of aryl methyl sites for hydroxylation is 1. The van der Waals surface area contributed by atoms with Gasteiger partial charge in [0.2, 0.25) is 5.91 Å². The summed E-state index contributed by atoms with van der Waals surface area (Å²) in [5.41, 5.74) is 2.35. The Labute approximate surface area is 212 Å². The molecule has 0 radical (unpaired) electrons. The van der Waals surface area contributed by atoms with Gasteiger partial charge < -0.3 is 14.5 Å². The molecule has 1 aromatic carbocycles. The maximum absolute atomic E-state index is 12.7. The molecular formula is C30H45N3O2. The van der Waals surface area contributed by atoms with Crippen LogP contribution in [-0.4, -0.2) is 59.5 Å². The summed E-state index contributed by atoms with van der Waals surface area (Å²) in [6, 6.07) is 8.67. The van der Waals surface area contributed by atoms with Gasteiger partial charge >= 0.3 is 0 Å². The lowest BCUT2D eigenvalue weighted by atomic mass is 9.81. The van der Waals surface area contributed by atoms with Gasteiger partial charge in [-0.3, -0.25) is 9.78 Å². The molecule has 2 aliphatic rings. The van der Waals surface area contributed by atoms with Crippen molar-refractivity contribution in [2.75, 3.05) is 32.7 Å². The van der Waals surface area contributed by atoms with Crippen LogP contribution in [0.3, 0.4) is 0 Å². The highest BCUT2D eigenvalue weighted by atomic mass is 16.5. The molecule has 192 valence electrons. The molecule has 1 saturated heterocycles. The van der Waals surface area contributed by atoms with Crippen LogP contribution in [0.5, 0.6) is 5.75 Å². The normalized spacial score (nSPS) is 21.8. The number of fused-ring (bicyclic) bond motifs is 1. The Morgan fingerprint density at radius 3 is 2.49 bits per heavy atom. The van der Waals surface area contributed by atoms with Crippen LogP contribution in [0.15, 0.2) is 30.5 Å². The van der Waals surface area contributed by atoms with E-state index in [9.17, 15) is 4.79 Å². The van der Waals surface area contributed by atoms with Gasteiger partial charge in [-0.25, -0.2) is 0 Å². The van der Waals surface area contributed by atoms with Crippen molar-refractivity contribution in [3.8, 4) is 5.75 Å². The first-order valence-corrected chi connectivity index (χ1v) is 14.2. The van der Waals surface area contributed by atoms with E-state index in [0.29, 0.717) is 5.91 Å². The summed E-state index contributed by atoms with van der Waals surface area (Å²) in [5, 5.41) is 1.18. The van der Waals surface area contributed by atoms with Crippen LogP contribution in [0, 0.1) is 11.8 Å². The largest absolute Gasteiger partial charge is 0.488 e. The summed E-state index contributed by atoms with van der Waals surface area (Å²) >= 11 is 0. The molecule has 0 unspecified atom stereocenters. The smallest absolute Gasteiger partial charge is 0.225 e. The molecule has 0 atom stereocenters. The summed E-state index contributed by atoms with van der Waals surface area (Å²) in [7, 11) is 0. The van der Waals surface area contributed by atoms with Gasteiger partial charge in [0.1, 0.15) is 17.4 Å². The lowest BCUT2D eigenvalue weighted by Gasteiger charge is -2.37. The summed E-state index contributed by atoms with van der Waals surface area (Å²) in [6.07, 6.45) is 12.3. The quantitative estimate of drug-likeness (QED) is 0.413. The molecule has 5 heteroatoms. The van der Waals surface area contributed by atoms with Crippen molar-refractivity contribution in [3.05, 3.63) is 36.0 Å². The van der Waals surface area contributed by atoms with Crippen LogP contribution in [0.4, 0.5) is 0 Å². The number of aromatic nitrogens is 1. The molecule has 0 bridgehead atoms. The number of unbranched alkanes of at least 4 members (excludes halogenated alkanes) is 1. The van der Waals surface area contributed by atoms with Crippen LogP contribution in [0.2, 0.25) is 0 Å². The number of rotatable bonds is 10. The van der Waals surface area contributed by atoms with E-state index in [1.807, 2.05) is 17.2 Å². The Morgan fingerprint density at radius 2 is 1.80 bits per heavy atom. The summed E-state index contributed by atoms with van der Waals surface area (Å²) in [5.74, 6) is 2.33. The van der Waals surface area contributed by atoms with Crippen LogP contribution < -0.4 is 4.74 Å². The van der Waals surface area contributed by atoms with Crippen molar-refractivity contribution in [1.82, 2.24) is 14.8 Å². The first kappa shape index (κ1) is 25.9. The zero-order valence-corrected chi connectivity index (χ0v) is 22.2. The first-order chi connectivity index (χ1) is 17.1. The van der Waals surface area contributed by atoms with Gasteiger partial charge in [0, 0.05) is 50.2 Å². The SMILES string of the molecule is CCCCc1cc(OC2CCN(C[C@H]3CC[C@H](C(=O)N(CC)CC)CC3)CC2)c2ncccc2c1. The minimum Gasteiger partial charge on any atom is -0.488 e. The van der Waals surface area contributed by atoms with Crippen LogP contribution in [-0.2, 0) is 11.2 Å². The number of carbonyl (C=O) groups is 1. The van der Waals surface area contributed by atoms with E-state index in [-0.39, 0.29) is 12.0 Å². The number of hydrogen-bond donors (Lipinski definition) is 0. The third kappa shape index (κ3) is 6.75. The average Bonchev–Trinajstić information content (AvgIpc) is 2.89. The Balaban J connectivity index is 1.26. The van der Waals surface area contributed by atoms with E-state index in [2.05, 4.69) is 48.9 Å². The number of hydrogen-bond acceptors (Lipinski definition) is 4. The number of nitrogens with zero attached hydrogens (tertiary/aromatic N) is 3. The first-order valence-electron chi connectivity index (χ1n) is 14.2. The number of likely N-dealkylation sites (tertiary alicyclic amines) is 1. The molecular weight excluding hydrogens is 434 g/mol. The molecule has 2 heterocycles. The van der Waals surface area contributed by atoms with Gasteiger partial charge in [-0.2, -0.15) is 0 Å². The number of carbonyl (C=O) groups excluding carboxylic acids is 1. The highest BCUT2D eigenvalue weighted by molar-refractivity contribution is 5.85. The van der Waals surface area contributed by atoms with E-state index < -0.39 is 0 Å². The zero-order valence-electron chi connectivity index (χ0n) is 22.2. The zero-order chi connectivity index (χ0) is 24.6. The topological polar surface area (TPSA) is 45.7 Å². The second-order valence-corrected chi connectivity index (χ2v) is 10.6. The van der Waals surface area contributed by atoms with Crippen molar-refractivity contribution in [1.29, 1.82) is 0 Å². The van der Waals surface area contributed by atoms with E-state index >= 15 is 0 Å². The Bertz CT molecular complexity index is 942. The predicted molar refractivity (Wildman–Crippen MR) is 144 cm³/mol. The molecule has 5 nitrogen and oxygen atoms in total. The van der Waals surface area contributed by atoms with Gasteiger partial charge in [-0.05, 0) is 94.9 Å². The van der Waals surface area contributed by atoms with Gasteiger partial charge in [-0.1, -0.05) is 19.4 Å². The fourth-order valence-corrected chi connectivity index (χ4v) is 5.97. The average molecular weight is 480 g/mol. The molecule has 0 N–H and O–H groups in total. The van der Waals surface area contributed by atoms with E-state index in [1.165, 1.54) is 43.2 Å². The van der Waals surface area contributed by atoms with Crippen LogP contribution in [0.1, 0.15) is 77.7 Å². The summed E-state index contributed by atoms with van der Waals surface area (Å²) in [6.45, 7) is 11.5. The maximum atomic E-state index is 12.7.